The summed E-state index contributed by atoms with van der Waals surface area (Å²) in [7, 11) is 0. The van der Waals surface area contributed by atoms with Crippen LogP contribution in [0.3, 0.4) is 0 Å². The third-order valence-electron chi connectivity index (χ3n) is 2.85. The molecule has 0 saturated carbocycles. The second-order valence-electron chi connectivity index (χ2n) is 6.13. The summed E-state index contributed by atoms with van der Waals surface area (Å²) in [5.74, 6) is -0.100. The van der Waals surface area contributed by atoms with E-state index in [2.05, 4.69) is 14.4 Å². The van der Waals surface area contributed by atoms with Crippen molar-refractivity contribution < 1.29 is 27.2 Å². The number of pyridine rings is 1. The summed E-state index contributed by atoms with van der Waals surface area (Å²) < 4.78 is 61.5. The van der Waals surface area contributed by atoms with Crippen LogP contribution >= 0.6 is 0 Å². The summed E-state index contributed by atoms with van der Waals surface area (Å²) in [4.78, 5) is 3.90. The monoisotopic (exact) mass is 368 g/mol. The molecule has 0 saturated heterocycles. The Labute approximate surface area is 143 Å². The first-order chi connectivity index (χ1) is 10.9. The van der Waals surface area contributed by atoms with Crippen LogP contribution in [0.1, 0.15) is 46.2 Å². The SMILES string of the molecule is CCOc1cc(C(C)N[S+]([O-])C(C)(C)C)cnc1OCC(F)(F)F. The largest absolute Gasteiger partial charge is 0.598 e. The van der Waals surface area contributed by atoms with Gasteiger partial charge in [-0.25, -0.2) is 4.98 Å². The predicted molar refractivity (Wildman–Crippen MR) is 86.4 cm³/mol. The van der Waals surface area contributed by atoms with E-state index in [1.54, 1.807) is 19.9 Å². The molecule has 2 atom stereocenters. The third kappa shape index (κ3) is 6.74. The van der Waals surface area contributed by atoms with E-state index in [4.69, 9.17) is 4.74 Å². The van der Waals surface area contributed by atoms with Gasteiger partial charge in [-0.1, -0.05) is 0 Å². The van der Waals surface area contributed by atoms with Crippen LogP contribution in [-0.4, -0.2) is 33.7 Å². The lowest BCUT2D eigenvalue weighted by atomic mass is 10.1. The molecular formula is C15H23F3N2O3S. The Kier molecular flexibility index (Phi) is 7.18. The molecule has 0 amide bonds. The minimum Gasteiger partial charge on any atom is -0.598 e. The number of alkyl halides is 3. The van der Waals surface area contributed by atoms with Gasteiger partial charge in [0.05, 0.1) is 12.6 Å². The fourth-order valence-corrected chi connectivity index (χ4v) is 2.42. The lowest BCUT2D eigenvalue weighted by Gasteiger charge is -2.26. The summed E-state index contributed by atoms with van der Waals surface area (Å²) >= 11 is -1.30. The van der Waals surface area contributed by atoms with Crippen molar-refractivity contribution in [2.24, 2.45) is 0 Å². The van der Waals surface area contributed by atoms with Crippen LogP contribution in [0.4, 0.5) is 13.2 Å². The first-order valence-electron chi connectivity index (χ1n) is 7.44. The van der Waals surface area contributed by atoms with E-state index in [0.717, 1.165) is 0 Å². The minimum atomic E-state index is -4.46. The molecule has 2 unspecified atom stereocenters. The summed E-state index contributed by atoms with van der Waals surface area (Å²) in [6, 6.07) is 1.22. The molecular weight excluding hydrogens is 345 g/mol. The number of nitrogens with zero attached hydrogens (tertiary/aromatic N) is 1. The smallest absolute Gasteiger partial charge is 0.422 e. The lowest BCUT2D eigenvalue weighted by Crippen LogP contribution is -2.40. The summed E-state index contributed by atoms with van der Waals surface area (Å²) in [6.45, 7) is 7.80. The molecule has 9 heteroatoms. The van der Waals surface area contributed by atoms with Crippen molar-refractivity contribution in [1.82, 2.24) is 9.71 Å². The van der Waals surface area contributed by atoms with Gasteiger partial charge in [-0.15, -0.1) is 4.72 Å². The molecule has 1 aromatic heterocycles. The van der Waals surface area contributed by atoms with Crippen molar-refractivity contribution in [3.63, 3.8) is 0 Å². The van der Waals surface area contributed by atoms with Crippen LogP contribution in [0, 0.1) is 0 Å². The molecule has 0 radical (unpaired) electrons. The Morgan fingerprint density at radius 2 is 1.92 bits per heavy atom. The van der Waals surface area contributed by atoms with E-state index in [0.29, 0.717) is 5.56 Å². The normalized spacial score (nSPS) is 15.0. The number of hydrogen-bond acceptors (Lipinski definition) is 5. The quantitative estimate of drug-likeness (QED) is 0.746. The van der Waals surface area contributed by atoms with Gasteiger partial charge < -0.3 is 14.0 Å². The number of rotatable bonds is 7. The molecule has 138 valence electrons. The van der Waals surface area contributed by atoms with Crippen molar-refractivity contribution in [3.8, 4) is 11.6 Å². The Morgan fingerprint density at radius 3 is 2.42 bits per heavy atom. The number of hydrogen-bond donors (Lipinski definition) is 1. The van der Waals surface area contributed by atoms with Crippen LogP contribution in [0.15, 0.2) is 12.3 Å². The van der Waals surface area contributed by atoms with E-state index in [9.17, 15) is 17.7 Å². The highest BCUT2D eigenvalue weighted by atomic mass is 32.2. The molecule has 1 rings (SSSR count). The van der Waals surface area contributed by atoms with Crippen LogP contribution in [-0.2, 0) is 11.4 Å². The highest BCUT2D eigenvalue weighted by molar-refractivity contribution is 7.90. The minimum absolute atomic E-state index is 0.120. The maximum absolute atomic E-state index is 12.3. The standard InChI is InChI=1S/C15H23F3N2O3S/c1-6-22-12-7-11(10(2)20-24(21)14(3,4)5)8-19-13(12)23-9-15(16,17)18/h7-8,10,20H,6,9H2,1-5H3. The first-order valence-corrected chi connectivity index (χ1v) is 8.59. The predicted octanol–water partition coefficient (Wildman–Crippen LogP) is 3.53. The molecule has 0 spiro atoms. The molecule has 0 fully saturated rings. The van der Waals surface area contributed by atoms with E-state index in [1.165, 1.54) is 6.20 Å². The molecule has 0 aliphatic carbocycles. The zero-order valence-electron chi connectivity index (χ0n) is 14.4. The van der Waals surface area contributed by atoms with E-state index in [1.807, 2.05) is 20.8 Å². The molecule has 0 bridgehead atoms. The number of ether oxygens (including phenoxy) is 2. The number of aromatic nitrogens is 1. The second-order valence-corrected chi connectivity index (χ2v) is 8.13. The molecule has 1 heterocycles. The molecule has 24 heavy (non-hydrogen) atoms. The average molecular weight is 368 g/mol. The van der Waals surface area contributed by atoms with Crippen LogP contribution in [0.2, 0.25) is 0 Å². The zero-order chi connectivity index (χ0) is 18.5. The lowest BCUT2D eigenvalue weighted by molar-refractivity contribution is -0.154. The molecule has 1 N–H and O–H groups in total. The Balaban J connectivity index is 2.92. The van der Waals surface area contributed by atoms with Crippen molar-refractivity contribution in [2.75, 3.05) is 13.2 Å². The number of halogens is 3. The maximum Gasteiger partial charge on any atom is 0.422 e. The third-order valence-corrected chi connectivity index (χ3v) is 4.53. The van der Waals surface area contributed by atoms with Gasteiger partial charge in [0.1, 0.15) is 4.75 Å². The zero-order valence-corrected chi connectivity index (χ0v) is 15.2. The Morgan fingerprint density at radius 1 is 1.29 bits per heavy atom. The van der Waals surface area contributed by atoms with E-state index < -0.39 is 28.9 Å². The molecule has 1 aromatic rings. The highest BCUT2D eigenvalue weighted by Crippen LogP contribution is 2.30. The van der Waals surface area contributed by atoms with Crippen molar-refractivity contribution in [1.29, 1.82) is 0 Å². The fraction of sp³-hybridized carbons (Fsp3) is 0.667. The first kappa shape index (κ1) is 20.9. The molecule has 0 aromatic carbocycles. The van der Waals surface area contributed by atoms with Gasteiger partial charge in [-0.05, 0) is 46.2 Å². The van der Waals surface area contributed by atoms with Gasteiger partial charge >= 0.3 is 6.18 Å². The van der Waals surface area contributed by atoms with Crippen LogP contribution in [0.25, 0.3) is 0 Å². The molecule has 0 aliphatic heterocycles. The molecule has 5 nitrogen and oxygen atoms in total. The maximum atomic E-state index is 12.3. The average Bonchev–Trinajstić information content (AvgIpc) is 2.44. The van der Waals surface area contributed by atoms with Crippen LogP contribution in [0.5, 0.6) is 11.6 Å². The van der Waals surface area contributed by atoms with Gasteiger partial charge in [0, 0.05) is 17.6 Å². The van der Waals surface area contributed by atoms with Gasteiger partial charge in [-0.3, -0.25) is 0 Å². The second kappa shape index (κ2) is 8.26. The van der Waals surface area contributed by atoms with Gasteiger partial charge in [0.15, 0.2) is 12.4 Å². The van der Waals surface area contributed by atoms with Crippen molar-refractivity contribution in [3.05, 3.63) is 17.8 Å². The van der Waals surface area contributed by atoms with E-state index >= 15 is 0 Å². The fourth-order valence-electron chi connectivity index (χ4n) is 1.61. The van der Waals surface area contributed by atoms with Gasteiger partial charge in [0.2, 0.25) is 0 Å². The topological polar surface area (TPSA) is 66.4 Å². The number of nitrogens with one attached hydrogen (secondary N) is 1. The van der Waals surface area contributed by atoms with Gasteiger partial charge in [0.25, 0.3) is 5.88 Å². The summed E-state index contributed by atoms with van der Waals surface area (Å²) in [6.07, 6.45) is -3.08. The summed E-state index contributed by atoms with van der Waals surface area (Å²) in [5, 5.41) is 0. The highest BCUT2D eigenvalue weighted by Gasteiger charge is 2.30. The Bertz CT molecular complexity index is 536. The van der Waals surface area contributed by atoms with Gasteiger partial charge in [-0.2, -0.15) is 13.2 Å². The Hall–Kier alpha value is -1.19. The van der Waals surface area contributed by atoms with Crippen molar-refractivity contribution in [2.45, 2.75) is 51.6 Å². The van der Waals surface area contributed by atoms with Crippen molar-refractivity contribution >= 4 is 11.4 Å². The van der Waals surface area contributed by atoms with E-state index in [-0.39, 0.29) is 24.3 Å². The molecule has 0 aliphatic rings. The summed E-state index contributed by atoms with van der Waals surface area (Å²) in [5.41, 5.74) is 0.635. The van der Waals surface area contributed by atoms with Crippen LogP contribution < -0.4 is 14.2 Å².